The first kappa shape index (κ1) is 58.7. The molecule has 4 aliphatic rings. The van der Waals surface area contributed by atoms with Gasteiger partial charge < -0.3 is 106 Å². The van der Waals surface area contributed by atoms with Gasteiger partial charge in [-0.15, -0.1) is 0 Å². The standard InChI is InChI=1S/C45H84O22/c1-25(2)37-33(21-60-13-11-47)67-36(40(51)45(37)58-9)24-62-16-27-31(19-53-4)65-34(38(49)42(27)55-6)22-61-15-26-30(18-52-3)66-35(39(50)41(26)54-5)23-63-17-28-32(20-59-12-10-46)64-29(14-48)44(57-8)43(28)56-7/h25-51H,10-24H2,1-9H3. The molecule has 4 saturated heterocycles. The van der Waals surface area contributed by atoms with Crippen molar-refractivity contribution >= 4 is 0 Å². The van der Waals surface area contributed by atoms with Gasteiger partial charge in [-0.2, -0.15) is 0 Å². The van der Waals surface area contributed by atoms with Gasteiger partial charge in [-0.25, -0.2) is 0 Å². The molecule has 0 saturated carbocycles. The quantitative estimate of drug-likeness (QED) is 0.0399. The minimum atomic E-state index is -1.13. The summed E-state index contributed by atoms with van der Waals surface area (Å²) in [4.78, 5) is 0. The average Bonchev–Trinajstić information content (AvgIpc) is 3.32. The zero-order valence-corrected chi connectivity index (χ0v) is 40.9. The van der Waals surface area contributed by atoms with Crippen LogP contribution in [-0.4, -0.2) is 277 Å². The van der Waals surface area contributed by atoms with Gasteiger partial charge in [0.2, 0.25) is 0 Å². The Kier molecular flexibility index (Phi) is 27.0. The number of hydrogen-bond acceptors (Lipinski definition) is 22. The van der Waals surface area contributed by atoms with Gasteiger partial charge in [-0.05, 0) is 5.92 Å². The second-order valence-electron chi connectivity index (χ2n) is 17.9. The molecule has 0 aromatic rings. The molecule has 4 fully saturated rings. The van der Waals surface area contributed by atoms with E-state index in [1.165, 1.54) is 21.3 Å². The van der Waals surface area contributed by atoms with Crippen LogP contribution in [0.25, 0.3) is 0 Å². The van der Waals surface area contributed by atoms with E-state index in [1.54, 1.807) is 28.4 Å². The van der Waals surface area contributed by atoms with Crippen molar-refractivity contribution in [2.24, 2.45) is 29.6 Å². The van der Waals surface area contributed by atoms with Crippen LogP contribution >= 0.6 is 0 Å². The predicted molar refractivity (Wildman–Crippen MR) is 235 cm³/mol. The van der Waals surface area contributed by atoms with Gasteiger partial charge in [-0.1, -0.05) is 13.8 Å². The van der Waals surface area contributed by atoms with Gasteiger partial charge in [0.05, 0.1) is 148 Å². The summed E-state index contributed by atoms with van der Waals surface area (Å²) in [5.74, 6) is -1.45. The summed E-state index contributed by atoms with van der Waals surface area (Å²) in [6.45, 7) is 4.55. The van der Waals surface area contributed by atoms with E-state index >= 15 is 0 Å². The fourth-order valence-corrected chi connectivity index (χ4v) is 10.2. The molecule has 20 atom stereocenters. The number of aliphatic hydroxyl groups excluding tert-OH is 6. The predicted octanol–water partition coefficient (Wildman–Crippen LogP) is -2.31. The number of methoxy groups -OCH3 is 7. The van der Waals surface area contributed by atoms with Gasteiger partial charge in [0.15, 0.2) is 0 Å². The van der Waals surface area contributed by atoms with Gasteiger partial charge in [-0.3, -0.25) is 0 Å². The highest BCUT2D eigenvalue weighted by molar-refractivity contribution is 4.98. The van der Waals surface area contributed by atoms with Crippen LogP contribution in [0.4, 0.5) is 0 Å². The number of rotatable bonds is 31. The molecule has 0 spiro atoms. The topological polar surface area (TPSA) is 269 Å². The van der Waals surface area contributed by atoms with Crippen LogP contribution < -0.4 is 0 Å². The zero-order chi connectivity index (χ0) is 49.0. The van der Waals surface area contributed by atoms with Gasteiger partial charge in [0, 0.05) is 73.4 Å². The third-order valence-corrected chi connectivity index (χ3v) is 13.5. The summed E-state index contributed by atoms with van der Waals surface area (Å²) in [5.41, 5.74) is 0. The molecule has 396 valence electrons. The Bertz CT molecular complexity index is 1290. The first-order valence-corrected chi connectivity index (χ1v) is 23.4. The van der Waals surface area contributed by atoms with Crippen LogP contribution in [0.1, 0.15) is 13.8 Å². The molecule has 20 unspecified atom stereocenters. The van der Waals surface area contributed by atoms with Crippen LogP contribution in [-0.2, 0) is 75.8 Å². The molecule has 67 heavy (non-hydrogen) atoms. The molecular formula is C45H84O22. The molecule has 4 aliphatic heterocycles. The van der Waals surface area contributed by atoms with Crippen molar-refractivity contribution in [3.63, 3.8) is 0 Å². The normalized spacial score (nSPS) is 39.6. The number of ether oxygens (including phenoxy) is 16. The molecule has 0 aromatic heterocycles. The highest BCUT2D eigenvalue weighted by atomic mass is 16.6. The summed E-state index contributed by atoms with van der Waals surface area (Å²) in [5, 5.41) is 63.1. The lowest BCUT2D eigenvalue weighted by molar-refractivity contribution is -0.259. The molecule has 0 aromatic carbocycles. The number of aliphatic hydroxyl groups is 6. The molecule has 0 aliphatic carbocycles. The maximum Gasteiger partial charge on any atom is 0.112 e. The second-order valence-corrected chi connectivity index (χ2v) is 17.9. The summed E-state index contributed by atoms with van der Waals surface area (Å²) < 4.78 is 95.2. The largest absolute Gasteiger partial charge is 0.394 e. The highest BCUT2D eigenvalue weighted by Gasteiger charge is 2.51. The molecule has 0 amide bonds. The van der Waals surface area contributed by atoms with Gasteiger partial charge in [0.1, 0.15) is 48.8 Å². The van der Waals surface area contributed by atoms with Crippen molar-refractivity contribution in [3.05, 3.63) is 0 Å². The smallest absolute Gasteiger partial charge is 0.112 e. The lowest BCUT2D eigenvalue weighted by atomic mass is 9.79. The Morgan fingerprint density at radius 2 is 0.716 bits per heavy atom. The van der Waals surface area contributed by atoms with E-state index in [2.05, 4.69) is 0 Å². The van der Waals surface area contributed by atoms with Crippen LogP contribution in [0.3, 0.4) is 0 Å². The molecule has 0 bridgehead atoms. The van der Waals surface area contributed by atoms with Crippen molar-refractivity contribution in [2.75, 3.05) is 149 Å². The van der Waals surface area contributed by atoms with Crippen molar-refractivity contribution in [2.45, 2.75) is 112 Å². The molecule has 4 rings (SSSR count). The van der Waals surface area contributed by atoms with Crippen molar-refractivity contribution in [1.29, 1.82) is 0 Å². The molecule has 4 heterocycles. The third-order valence-electron chi connectivity index (χ3n) is 13.5. The van der Waals surface area contributed by atoms with E-state index in [0.717, 1.165) is 0 Å². The van der Waals surface area contributed by atoms with E-state index in [4.69, 9.17) is 75.8 Å². The molecular weight excluding hydrogens is 892 g/mol. The SMILES string of the molecule is COCC1OC(COCC2C(COCCO)OC(CO)C(OC)C2OC)C(O)C(OC)C1COCC1OC(COC)C(COCC2OC(COCCO)C(C(C)C)C(OC)C2O)C(OC)C1O. The zero-order valence-electron chi connectivity index (χ0n) is 40.9. The Balaban J connectivity index is 1.36. The monoisotopic (exact) mass is 977 g/mol. The minimum absolute atomic E-state index is 0.00953. The lowest BCUT2D eigenvalue weighted by Gasteiger charge is -2.47. The van der Waals surface area contributed by atoms with E-state index in [0.29, 0.717) is 0 Å². The minimum Gasteiger partial charge on any atom is -0.394 e. The van der Waals surface area contributed by atoms with E-state index < -0.39 is 115 Å². The Morgan fingerprint density at radius 1 is 0.373 bits per heavy atom. The Hall–Kier alpha value is -0.880. The third kappa shape index (κ3) is 15.6. The fourth-order valence-electron chi connectivity index (χ4n) is 10.2. The Morgan fingerprint density at radius 3 is 1.09 bits per heavy atom. The van der Waals surface area contributed by atoms with E-state index in [1.807, 2.05) is 13.8 Å². The Labute approximate surface area is 395 Å². The molecule has 6 N–H and O–H groups in total. The maximum absolute atomic E-state index is 11.6. The summed E-state index contributed by atoms with van der Waals surface area (Å²) in [7, 11) is 10.7. The molecule has 0 radical (unpaired) electrons. The van der Waals surface area contributed by atoms with Crippen LogP contribution in [0.2, 0.25) is 0 Å². The first-order chi connectivity index (χ1) is 32.4. The second kappa shape index (κ2) is 30.9. The van der Waals surface area contributed by atoms with E-state index in [-0.39, 0.29) is 111 Å². The van der Waals surface area contributed by atoms with Crippen molar-refractivity contribution in [1.82, 2.24) is 0 Å². The van der Waals surface area contributed by atoms with Crippen molar-refractivity contribution < 1.29 is 106 Å². The van der Waals surface area contributed by atoms with Crippen LogP contribution in [0.15, 0.2) is 0 Å². The molecule has 22 heteroatoms. The fraction of sp³-hybridized carbons (Fsp3) is 1.00. The van der Waals surface area contributed by atoms with Crippen LogP contribution in [0, 0.1) is 29.6 Å². The average molecular weight is 977 g/mol. The summed E-state index contributed by atoms with van der Waals surface area (Å²) in [6.07, 6.45) is -11.6. The molecule has 22 nitrogen and oxygen atoms in total. The lowest BCUT2D eigenvalue weighted by Crippen LogP contribution is -2.61. The van der Waals surface area contributed by atoms with Gasteiger partial charge in [0.25, 0.3) is 0 Å². The summed E-state index contributed by atoms with van der Waals surface area (Å²) in [6, 6.07) is 0. The van der Waals surface area contributed by atoms with E-state index in [9.17, 15) is 30.6 Å². The summed E-state index contributed by atoms with van der Waals surface area (Å²) >= 11 is 0. The number of hydrogen-bond donors (Lipinski definition) is 6. The highest BCUT2D eigenvalue weighted by Crippen LogP contribution is 2.36. The van der Waals surface area contributed by atoms with Gasteiger partial charge >= 0.3 is 0 Å². The maximum atomic E-state index is 11.6. The first-order valence-electron chi connectivity index (χ1n) is 23.4. The van der Waals surface area contributed by atoms with Crippen LogP contribution in [0.5, 0.6) is 0 Å². The van der Waals surface area contributed by atoms with Crippen molar-refractivity contribution in [3.8, 4) is 0 Å².